The predicted octanol–water partition coefficient (Wildman–Crippen LogP) is 3.92. The van der Waals surface area contributed by atoms with Crippen molar-refractivity contribution in [3.8, 4) is 0 Å². The Kier molecular flexibility index (Phi) is 7.03. The largest absolute Gasteiger partial charge is 0.481 e. The van der Waals surface area contributed by atoms with Crippen LogP contribution in [0.2, 0.25) is 0 Å². The van der Waals surface area contributed by atoms with E-state index in [2.05, 4.69) is 13.8 Å². The highest BCUT2D eigenvalue weighted by Crippen LogP contribution is 2.40. The third-order valence-electron chi connectivity index (χ3n) is 4.48. The first-order chi connectivity index (χ1) is 9.54. The van der Waals surface area contributed by atoms with Gasteiger partial charge in [0.25, 0.3) is 0 Å². The number of carbonyl (C=O) groups is 2. The molecular formula is C16H28O4. The van der Waals surface area contributed by atoms with Crippen LogP contribution in [-0.2, 0) is 14.3 Å². The molecule has 0 aromatic carbocycles. The van der Waals surface area contributed by atoms with Crippen LogP contribution in [-0.4, -0.2) is 22.6 Å². The molecular weight excluding hydrogens is 256 g/mol. The molecule has 1 aliphatic rings. The van der Waals surface area contributed by atoms with Crippen LogP contribution >= 0.6 is 0 Å². The van der Waals surface area contributed by atoms with Crippen molar-refractivity contribution in [2.75, 3.05) is 0 Å². The molecule has 0 saturated heterocycles. The van der Waals surface area contributed by atoms with Gasteiger partial charge in [-0.2, -0.15) is 0 Å². The van der Waals surface area contributed by atoms with Gasteiger partial charge in [0.1, 0.15) is 5.60 Å². The molecule has 0 spiro atoms. The van der Waals surface area contributed by atoms with Gasteiger partial charge in [-0.15, -0.1) is 0 Å². The second-order valence-electron chi connectivity index (χ2n) is 5.87. The summed E-state index contributed by atoms with van der Waals surface area (Å²) in [5, 5.41) is 8.66. The summed E-state index contributed by atoms with van der Waals surface area (Å²) in [6.45, 7) is 4.19. The number of carbonyl (C=O) groups excluding carboxylic acids is 1. The smallest absolute Gasteiger partial charge is 0.306 e. The van der Waals surface area contributed by atoms with Crippen LogP contribution in [0.1, 0.15) is 78.1 Å². The molecule has 0 bridgehead atoms. The maximum Gasteiger partial charge on any atom is 0.306 e. The van der Waals surface area contributed by atoms with E-state index in [4.69, 9.17) is 9.84 Å². The van der Waals surface area contributed by atoms with E-state index in [9.17, 15) is 9.59 Å². The third kappa shape index (κ3) is 4.80. The molecule has 1 rings (SSSR count). The van der Waals surface area contributed by atoms with Gasteiger partial charge in [-0.3, -0.25) is 9.59 Å². The first kappa shape index (κ1) is 17.0. The molecule has 1 saturated carbocycles. The zero-order valence-corrected chi connectivity index (χ0v) is 12.8. The Labute approximate surface area is 121 Å². The zero-order valence-electron chi connectivity index (χ0n) is 12.8. The Balaban J connectivity index is 2.70. The summed E-state index contributed by atoms with van der Waals surface area (Å²) >= 11 is 0. The number of rotatable bonds is 8. The second kappa shape index (κ2) is 8.28. The van der Waals surface area contributed by atoms with Crippen LogP contribution in [0.25, 0.3) is 0 Å². The zero-order chi connectivity index (χ0) is 15.0. The van der Waals surface area contributed by atoms with Crippen LogP contribution in [0.5, 0.6) is 0 Å². The monoisotopic (exact) mass is 284 g/mol. The molecule has 116 valence electrons. The maximum atomic E-state index is 12.0. The highest BCUT2D eigenvalue weighted by molar-refractivity contribution is 5.76. The van der Waals surface area contributed by atoms with Crippen molar-refractivity contribution in [2.45, 2.75) is 83.7 Å². The fraction of sp³-hybridized carbons (Fsp3) is 0.875. The van der Waals surface area contributed by atoms with Crippen molar-refractivity contribution in [1.82, 2.24) is 0 Å². The molecule has 0 amide bonds. The Hall–Kier alpha value is -1.06. The SMILES string of the molecule is CCCC(CC)(OC(=O)CCC(=O)O)C1CCCCC1. The quantitative estimate of drug-likeness (QED) is 0.686. The van der Waals surface area contributed by atoms with Gasteiger partial charge < -0.3 is 9.84 Å². The van der Waals surface area contributed by atoms with Crippen molar-refractivity contribution in [3.05, 3.63) is 0 Å². The van der Waals surface area contributed by atoms with Crippen molar-refractivity contribution in [1.29, 1.82) is 0 Å². The molecule has 1 fully saturated rings. The lowest BCUT2D eigenvalue weighted by atomic mass is 9.73. The highest BCUT2D eigenvalue weighted by atomic mass is 16.6. The highest BCUT2D eigenvalue weighted by Gasteiger charge is 2.40. The minimum atomic E-state index is -0.947. The molecule has 20 heavy (non-hydrogen) atoms. The molecule has 1 unspecified atom stereocenters. The second-order valence-corrected chi connectivity index (χ2v) is 5.87. The molecule has 1 N–H and O–H groups in total. The van der Waals surface area contributed by atoms with E-state index in [1.807, 2.05) is 0 Å². The van der Waals surface area contributed by atoms with Crippen LogP contribution in [0.15, 0.2) is 0 Å². The third-order valence-corrected chi connectivity index (χ3v) is 4.48. The lowest BCUT2D eigenvalue weighted by molar-refractivity contribution is -0.171. The molecule has 0 aromatic rings. The van der Waals surface area contributed by atoms with E-state index in [0.717, 1.165) is 32.1 Å². The Bertz CT molecular complexity index is 320. The van der Waals surface area contributed by atoms with Gasteiger partial charge >= 0.3 is 11.9 Å². The Morgan fingerprint density at radius 3 is 2.30 bits per heavy atom. The van der Waals surface area contributed by atoms with Crippen molar-refractivity contribution in [3.63, 3.8) is 0 Å². The summed E-state index contributed by atoms with van der Waals surface area (Å²) in [6.07, 6.45) is 8.47. The standard InChI is InChI=1S/C16H28O4/c1-3-12-16(4-2,13-8-6-5-7-9-13)20-15(19)11-10-14(17)18/h13H,3-12H2,1-2H3,(H,17,18). The van der Waals surface area contributed by atoms with Gasteiger partial charge in [-0.1, -0.05) is 39.5 Å². The molecule has 1 aliphatic carbocycles. The number of esters is 1. The summed E-state index contributed by atoms with van der Waals surface area (Å²) in [4.78, 5) is 22.5. The van der Waals surface area contributed by atoms with Crippen LogP contribution < -0.4 is 0 Å². The first-order valence-electron chi connectivity index (χ1n) is 7.97. The summed E-state index contributed by atoms with van der Waals surface area (Å²) in [5.41, 5.74) is -0.370. The molecule has 0 heterocycles. The molecule has 0 radical (unpaired) electrons. The number of aliphatic carboxylic acids is 1. The van der Waals surface area contributed by atoms with Gasteiger partial charge in [-0.05, 0) is 31.6 Å². The van der Waals surface area contributed by atoms with E-state index >= 15 is 0 Å². The summed E-state index contributed by atoms with van der Waals surface area (Å²) in [6, 6.07) is 0. The van der Waals surface area contributed by atoms with Gasteiger partial charge in [0.2, 0.25) is 0 Å². The van der Waals surface area contributed by atoms with Crippen molar-refractivity contribution < 1.29 is 19.4 Å². The normalized spacial score (nSPS) is 19.3. The molecule has 1 atom stereocenters. The fourth-order valence-corrected chi connectivity index (χ4v) is 3.41. The number of hydrogen-bond donors (Lipinski definition) is 1. The lowest BCUT2D eigenvalue weighted by Gasteiger charge is -2.41. The predicted molar refractivity (Wildman–Crippen MR) is 77.5 cm³/mol. The van der Waals surface area contributed by atoms with E-state index in [-0.39, 0.29) is 24.4 Å². The summed E-state index contributed by atoms with van der Waals surface area (Å²) < 4.78 is 5.82. The summed E-state index contributed by atoms with van der Waals surface area (Å²) in [7, 11) is 0. The van der Waals surface area contributed by atoms with Gasteiger partial charge in [0.15, 0.2) is 0 Å². The number of ether oxygens (including phenoxy) is 1. The van der Waals surface area contributed by atoms with Crippen molar-refractivity contribution >= 4 is 11.9 Å². The molecule has 4 heteroatoms. The number of hydrogen-bond acceptors (Lipinski definition) is 3. The lowest BCUT2D eigenvalue weighted by Crippen LogP contribution is -2.43. The molecule has 0 aliphatic heterocycles. The average Bonchev–Trinajstić information content (AvgIpc) is 2.45. The first-order valence-corrected chi connectivity index (χ1v) is 7.97. The molecule has 4 nitrogen and oxygen atoms in total. The van der Waals surface area contributed by atoms with Gasteiger partial charge in [0, 0.05) is 0 Å². The Morgan fingerprint density at radius 1 is 1.15 bits per heavy atom. The minimum absolute atomic E-state index is 0.0203. The maximum absolute atomic E-state index is 12.0. The van der Waals surface area contributed by atoms with Gasteiger partial charge in [-0.25, -0.2) is 0 Å². The van der Waals surface area contributed by atoms with E-state index in [1.165, 1.54) is 19.3 Å². The average molecular weight is 284 g/mol. The van der Waals surface area contributed by atoms with Crippen LogP contribution in [0.4, 0.5) is 0 Å². The van der Waals surface area contributed by atoms with E-state index < -0.39 is 5.97 Å². The fourth-order valence-electron chi connectivity index (χ4n) is 3.41. The van der Waals surface area contributed by atoms with Crippen LogP contribution in [0, 0.1) is 5.92 Å². The number of carboxylic acid groups (broad SMARTS) is 1. The summed E-state index contributed by atoms with van der Waals surface area (Å²) in [5.74, 6) is -0.861. The van der Waals surface area contributed by atoms with Gasteiger partial charge in [0.05, 0.1) is 12.8 Å². The van der Waals surface area contributed by atoms with Crippen LogP contribution in [0.3, 0.4) is 0 Å². The Morgan fingerprint density at radius 2 is 1.80 bits per heavy atom. The molecule has 0 aromatic heterocycles. The topological polar surface area (TPSA) is 63.6 Å². The van der Waals surface area contributed by atoms with Crippen molar-refractivity contribution in [2.24, 2.45) is 5.92 Å². The van der Waals surface area contributed by atoms with E-state index in [0.29, 0.717) is 5.92 Å². The van der Waals surface area contributed by atoms with E-state index in [1.54, 1.807) is 0 Å². The number of carboxylic acids is 1. The minimum Gasteiger partial charge on any atom is -0.481 e.